The summed E-state index contributed by atoms with van der Waals surface area (Å²) < 4.78 is 7.94. The van der Waals surface area contributed by atoms with Crippen molar-refractivity contribution < 1.29 is 9.53 Å². The number of nitrogens with zero attached hydrogens (tertiary/aromatic N) is 3. The molecule has 0 amide bonds. The molecule has 1 aliphatic carbocycles. The summed E-state index contributed by atoms with van der Waals surface area (Å²) in [5, 5.41) is 8.97. The van der Waals surface area contributed by atoms with Crippen molar-refractivity contribution in [3.63, 3.8) is 0 Å². The number of aromatic nitrogens is 3. The molecule has 0 radical (unpaired) electrons. The fourth-order valence-electron chi connectivity index (χ4n) is 4.18. The van der Waals surface area contributed by atoms with E-state index in [9.17, 15) is 4.79 Å². The zero-order valence-corrected chi connectivity index (χ0v) is 19.0. The number of carbonyl (C=O) groups is 1. The maximum atomic E-state index is 13.3. The van der Waals surface area contributed by atoms with Gasteiger partial charge in [-0.25, -0.2) is 4.68 Å². The fourth-order valence-corrected chi connectivity index (χ4v) is 4.86. The van der Waals surface area contributed by atoms with E-state index in [4.69, 9.17) is 14.8 Å². The van der Waals surface area contributed by atoms with Crippen LogP contribution in [0.25, 0.3) is 0 Å². The fraction of sp³-hybridized carbons (Fsp3) is 0.522. The third-order valence-electron chi connectivity index (χ3n) is 5.42. The van der Waals surface area contributed by atoms with Gasteiger partial charge in [0, 0.05) is 29.0 Å². The molecule has 0 saturated heterocycles. The van der Waals surface area contributed by atoms with Crippen LogP contribution in [0.1, 0.15) is 65.0 Å². The Hall–Kier alpha value is -2.28. The van der Waals surface area contributed by atoms with E-state index >= 15 is 0 Å². The number of ketones is 1. The number of Topliss-reactive ketones (excluding diaryl/α,β-unsaturated/α-hetero) is 1. The van der Waals surface area contributed by atoms with Crippen molar-refractivity contribution in [1.29, 1.82) is 0 Å². The molecular formula is C23H30N4O2S. The Morgan fingerprint density at radius 1 is 1.23 bits per heavy atom. The number of carbonyl (C=O) groups excluding carboxylic acids is 1. The van der Waals surface area contributed by atoms with Crippen molar-refractivity contribution in [2.75, 3.05) is 17.7 Å². The van der Waals surface area contributed by atoms with E-state index in [0.29, 0.717) is 19.0 Å². The van der Waals surface area contributed by atoms with Gasteiger partial charge in [-0.1, -0.05) is 57.7 Å². The topological polar surface area (TPSA) is 69.0 Å². The van der Waals surface area contributed by atoms with E-state index in [1.54, 1.807) is 11.8 Å². The summed E-state index contributed by atoms with van der Waals surface area (Å²) in [5.41, 5.74) is 2.66. The average molecular weight is 427 g/mol. The lowest BCUT2D eigenvalue weighted by Gasteiger charge is -2.38. The van der Waals surface area contributed by atoms with Crippen LogP contribution in [0.5, 0.6) is 5.75 Å². The van der Waals surface area contributed by atoms with Crippen molar-refractivity contribution in [1.82, 2.24) is 14.8 Å². The predicted octanol–water partition coefficient (Wildman–Crippen LogP) is 5.23. The number of ether oxygens (including phenoxy) is 1. The SMILES string of the molecule is CCCOc1ccccc1C1C2=C(CC(C)(C)CC2=O)Nc2nc(SCCC)nn21. The first-order valence-electron chi connectivity index (χ1n) is 10.8. The van der Waals surface area contributed by atoms with Crippen LogP contribution in [0.3, 0.4) is 0 Å². The van der Waals surface area contributed by atoms with Crippen molar-refractivity contribution in [2.24, 2.45) is 5.41 Å². The Morgan fingerprint density at radius 2 is 2.03 bits per heavy atom. The van der Waals surface area contributed by atoms with E-state index in [0.717, 1.165) is 52.8 Å². The molecule has 160 valence electrons. The molecule has 0 fully saturated rings. The van der Waals surface area contributed by atoms with Gasteiger partial charge in [0.1, 0.15) is 11.8 Å². The Bertz CT molecular complexity index is 979. The Labute approximate surface area is 182 Å². The predicted molar refractivity (Wildman–Crippen MR) is 120 cm³/mol. The number of thioether (sulfide) groups is 1. The van der Waals surface area contributed by atoms with Gasteiger partial charge >= 0.3 is 0 Å². The van der Waals surface area contributed by atoms with Crippen LogP contribution in [-0.2, 0) is 4.79 Å². The molecule has 1 aromatic heterocycles. The summed E-state index contributed by atoms with van der Waals surface area (Å²) in [6, 6.07) is 7.67. The monoisotopic (exact) mass is 426 g/mol. The molecule has 1 atom stereocenters. The zero-order valence-electron chi connectivity index (χ0n) is 18.2. The Balaban J connectivity index is 1.85. The molecule has 1 unspecified atom stereocenters. The van der Waals surface area contributed by atoms with Gasteiger partial charge in [0.2, 0.25) is 11.1 Å². The highest BCUT2D eigenvalue weighted by Crippen LogP contribution is 2.47. The summed E-state index contributed by atoms with van der Waals surface area (Å²) in [6.45, 7) is 9.16. The first-order valence-corrected chi connectivity index (χ1v) is 11.8. The normalized spacial score (nSPS) is 19.9. The highest BCUT2D eigenvalue weighted by Gasteiger charge is 2.42. The minimum absolute atomic E-state index is 0.0757. The average Bonchev–Trinajstić information content (AvgIpc) is 3.11. The van der Waals surface area contributed by atoms with Gasteiger partial charge in [0.05, 0.1) is 6.61 Å². The molecule has 1 aliphatic heterocycles. The summed E-state index contributed by atoms with van der Waals surface area (Å²) in [6.07, 6.45) is 3.32. The molecule has 30 heavy (non-hydrogen) atoms. The maximum Gasteiger partial charge on any atom is 0.227 e. The van der Waals surface area contributed by atoms with Gasteiger partial charge in [-0.15, -0.1) is 5.10 Å². The third kappa shape index (κ3) is 4.00. The number of hydrogen-bond acceptors (Lipinski definition) is 6. The van der Waals surface area contributed by atoms with E-state index < -0.39 is 0 Å². The first kappa shape index (κ1) is 21.0. The molecule has 2 aliphatic rings. The van der Waals surface area contributed by atoms with Crippen molar-refractivity contribution >= 4 is 23.5 Å². The molecule has 7 heteroatoms. The van der Waals surface area contributed by atoms with Gasteiger partial charge in [0.25, 0.3) is 0 Å². The van der Waals surface area contributed by atoms with Gasteiger partial charge < -0.3 is 10.1 Å². The largest absolute Gasteiger partial charge is 0.493 e. The number of anilines is 1. The molecule has 1 N–H and O–H groups in total. The van der Waals surface area contributed by atoms with Crippen LogP contribution in [-0.4, -0.2) is 32.9 Å². The number of para-hydroxylation sites is 1. The standard InChI is InChI=1S/C23H30N4O2S/c1-5-11-29-18-10-8-7-9-15(18)20-19-16(13-23(3,4)14-17(19)28)24-21-25-22(26-27(20)21)30-12-6-2/h7-10,20H,5-6,11-14H2,1-4H3,(H,24,25,26). The van der Waals surface area contributed by atoms with Crippen LogP contribution in [0, 0.1) is 5.41 Å². The molecule has 1 aromatic carbocycles. The highest BCUT2D eigenvalue weighted by atomic mass is 32.2. The zero-order chi connectivity index (χ0) is 21.3. The second-order valence-electron chi connectivity index (χ2n) is 8.76. The van der Waals surface area contributed by atoms with Crippen molar-refractivity contribution in [3.05, 3.63) is 41.1 Å². The molecule has 4 rings (SSSR count). The molecule has 0 bridgehead atoms. The number of allylic oxidation sites excluding steroid dienone is 2. The van der Waals surface area contributed by atoms with Crippen LogP contribution in [0.2, 0.25) is 0 Å². The maximum absolute atomic E-state index is 13.3. The molecule has 0 saturated carbocycles. The van der Waals surface area contributed by atoms with Crippen molar-refractivity contribution in [3.8, 4) is 5.75 Å². The number of rotatable bonds is 7. The summed E-state index contributed by atoms with van der Waals surface area (Å²) in [5.74, 6) is 2.64. The minimum Gasteiger partial charge on any atom is -0.493 e. The molecule has 0 spiro atoms. The molecule has 2 aromatic rings. The number of nitrogens with one attached hydrogen (secondary N) is 1. The van der Waals surface area contributed by atoms with E-state index in [1.807, 2.05) is 28.9 Å². The van der Waals surface area contributed by atoms with Gasteiger partial charge in [-0.05, 0) is 30.7 Å². The van der Waals surface area contributed by atoms with Crippen LogP contribution in [0.4, 0.5) is 5.95 Å². The molecule has 2 heterocycles. The van der Waals surface area contributed by atoms with Gasteiger partial charge in [-0.3, -0.25) is 4.79 Å². The van der Waals surface area contributed by atoms with E-state index in [2.05, 4.69) is 33.0 Å². The van der Waals surface area contributed by atoms with E-state index in [-0.39, 0.29) is 17.2 Å². The summed E-state index contributed by atoms with van der Waals surface area (Å²) in [4.78, 5) is 18.1. The van der Waals surface area contributed by atoms with Crippen LogP contribution < -0.4 is 10.1 Å². The van der Waals surface area contributed by atoms with Crippen molar-refractivity contribution in [2.45, 2.75) is 64.6 Å². The lowest BCUT2D eigenvalue weighted by atomic mass is 9.73. The number of fused-ring (bicyclic) bond motifs is 1. The summed E-state index contributed by atoms with van der Waals surface area (Å²) in [7, 11) is 0. The molecular weight excluding hydrogens is 396 g/mol. The Kier molecular flexibility index (Phi) is 5.91. The smallest absolute Gasteiger partial charge is 0.227 e. The van der Waals surface area contributed by atoms with Gasteiger partial charge in [-0.2, -0.15) is 4.98 Å². The summed E-state index contributed by atoms with van der Waals surface area (Å²) >= 11 is 1.65. The minimum atomic E-state index is -0.323. The Morgan fingerprint density at radius 3 is 2.80 bits per heavy atom. The van der Waals surface area contributed by atoms with Gasteiger partial charge in [0.15, 0.2) is 5.78 Å². The van der Waals surface area contributed by atoms with E-state index in [1.165, 1.54) is 0 Å². The third-order valence-corrected chi connectivity index (χ3v) is 6.47. The second kappa shape index (κ2) is 8.46. The number of hydrogen-bond donors (Lipinski definition) is 1. The lowest BCUT2D eigenvalue weighted by Crippen LogP contribution is -2.36. The second-order valence-corrected chi connectivity index (χ2v) is 9.82. The highest BCUT2D eigenvalue weighted by molar-refractivity contribution is 7.99. The quantitative estimate of drug-likeness (QED) is 0.612. The first-order chi connectivity index (χ1) is 14.4. The lowest BCUT2D eigenvalue weighted by molar-refractivity contribution is -0.118. The number of benzene rings is 1. The molecule has 6 nitrogen and oxygen atoms in total. The van der Waals surface area contributed by atoms with Crippen LogP contribution in [0.15, 0.2) is 40.7 Å². The van der Waals surface area contributed by atoms with Crippen LogP contribution >= 0.6 is 11.8 Å².